The van der Waals surface area contributed by atoms with Crippen LogP contribution >= 0.6 is 0 Å². The second kappa shape index (κ2) is 48.9. The number of primary amides is 2. The zero-order valence-corrected chi connectivity index (χ0v) is 74.5. The van der Waals surface area contributed by atoms with Crippen molar-refractivity contribution in [3.8, 4) is 0 Å². The molecule has 17 amide bonds. The van der Waals surface area contributed by atoms with Crippen molar-refractivity contribution in [1.29, 1.82) is 5.41 Å². The van der Waals surface area contributed by atoms with E-state index < -0.39 is 224 Å². The fraction of sp³-hybridized carbons (Fsp3) is 0.506. The lowest BCUT2D eigenvalue weighted by Gasteiger charge is -2.35. The molecule has 0 bridgehead atoms. The predicted molar refractivity (Wildman–Crippen MR) is 476 cm³/mol. The van der Waals surface area contributed by atoms with E-state index in [2.05, 4.69) is 83.7 Å². The number of hydrogen-bond acceptors (Lipinski definition) is 21. The highest BCUT2D eigenvalue weighted by molar-refractivity contribution is 6.02. The molecule has 0 aliphatic carbocycles. The zero-order chi connectivity index (χ0) is 95.2. The summed E-state index contributed by atoms with van der Waals surface area (Å²) in [5, 5.41) is 52.1. The van der Waals surface area contributed by atoms with Gasteiger partial charge in [-0.2, -0.15) is 0 Å². The Morgan fingerprint density at radius 1 is 0.562 bits per heavy atom. The zero-order valence-electron chi connectivity index (χ0n) is 74.5. The smallest absolute Gasteiger partial charge is 0.246 e. The number of aromatic amines is 3. The first-order valence-corrected chi connectivity index (χ1v) is 43.3. The number of aliphatic hydroxyl groups excluding tert-OH is 1. The van der Waals surface area contributed by atoms with Crippen LogP contribution in [0.5, 0.6) is 0 Å². The minimum atomic E-state index is -1.88. The number of amides is 17. The van der Waals surface area contributed by atoms with Crippen LogP contribution in [-0.4, -0.2) is 309 Å². The van der Waals surface area contributed by atoms with Crippen LogP contribution in [-0.2, 0) is 107 Å². The highest BCUT2D eigenvalue weighted by Crippen LogP contribution is 2.25. The van der Waals surface area contributed by atoms with Crippen molar-refractivity contribution in [3.63, 3.8) is 0 Å². The molecule has 2 saturated heterocycles. The molecule has 704 valence electrons. The minimum Gasteiger partial charge on any atom is -0.394 e. The van der Waals surface area contributed by atoms with Gasteiger partial charge in [-0.05, 0) is 93.5 Å². The van der Waals surface area contributed by atoms with E-state index >= 15 is 9.59 Å². The van der Waals surface area contributed by atoms with Crippen LogP contribution in [0.4, 0.5) is 0 Å². The Bertz CT molecular complexity index is 5000. The van der Waals surface area contributed by atoms with E-state index in [0.29, 0.717) is 46.1 Å². The molecule has 0 spiro atoms. The summed E-state index contributed by atoms with van der Waals surface area (Å²) < 4.78 is 0. The van der Waals surface area contributed by atoms with Crippen molar-refractivity contribution in [2.75, 3.05) is 74.1 Å². The molecule has 2 aliphatic rings. The molecule has 5 heterocycles. The van der Waals surface area contributed by atoms with Crippen molar-refractivity contribution >= 4 is 128 Å². The maximum atomic E-state index is 15.3. The summed E-state index contributed by atoms with van der Waals surface area (Å²) in [6, 6.07) is 3.82. The van der Waals surface area contributed by atoms with E-state index in [0.717, 1.165) is 30.5 Å². The number of aliphatic hydroxyl groups is 1. The van der Waals surface area contributed by atoms with Gasteiger partial charge in [-0.15, -0.1) is 0 Å². The summed E-state index contributed by atoms with van der Waals surface area (Å²) in [6.45, 7) is 4.60. The van der Waals surface area contributed by atoms with Crippen molar-refractivity contribution in [1.82, 2.24) is 108 Å². The molecule has 0 unspecified atom stereocenters. The summed E-state index contributed by atoms with van der Waals surface area (Å²) in [5.74, 6) is -16.3. The Labute approximate surface area is 751 Å². The lowest BCUT2D eigenvalue weighted by Crippen LogP contribution is -2.60. The van der Waals surface area contributed by atoms with E-state index in [9.17, 15) is 77.0 Å². The Hall–Kier alpha value is -13.9. The van der Waals surface area contributed by atoms with Gasteiger partial charge in [0.25, 0.3) is 0 Å². The van der Waals surface area contributed by atoms with Gasteiger partial charge in [0, 0.05) is 113 Å². The Morgan fingerprint density at radius 2 is 1.15 bits per heavy atom. The summed E-state index contributed by atoms with van der Waals surface area (Å²) >= 11 is 0. The maximum Gasteiger partial charge on any atom is 0.246 e. The molecule has 130 heavy (non-hydrogen) atoms. The monoisotopic (exact) mass is 1810 g/mol. The fourth-order valence-electron chi connectivity index (χ4n) is 15.4. The summed E-state index contributed by atoms with van der Waals surface area (Å²) in [4.78, 5) is 264. The largest absolute Gasteiger partial charge is 0.394 e. The number of nitrogens with two attached hydrogens (primary N) is 3. The molecular weight excluding hydrogens is 1680 g/mol. The predicted octanol–water partition coefficient (Wildman–Crippen LogP) is -4.06. The van der Waals surface area contributed by atoms with Gasteiger partial charge in [-0.1, -0.05) is 100 Å². The summed E-state index contributed by atoms with van der Waals surface area (Å²) in [7, 11) is 5.24. The number of fused-ring (bicyclic) bond motifs is 3. The van der Waals surface area contributed by atoms with Crippen molar-refractivity contribution in [2.45, 2.75) is 203 Å². The lowest BCUT2D eigenvalue weighted by atomic mass is 10.0. The van der Waals surface area contributed by atoms with Gasteiger partial charge in [0.15, 0.2) is 5.96 Å². The fourth-order valence-corrected chi connectivity index (χ4v) is 15.4. The number of para-hydroxylation sites is 2. The third kappa shape index (κ3) is 29.3. The van der Waals surface area contributed by atoms with Gasteiger partial charge in [0.05, 0.1) is 57.5 Å². The second-order valence-corrected chi connectivity index (χ2v) is 33.2. The number of nitrogens with one attached hydrogen (secondary N) is 16. The second-order valence-electron chi connectivity index (χ2n) is 33.2. The van der Waals surface area contributed by atoms with E-state index in [1.807, 2.05) is 31.2 Å². The van der Waals surface area contributed by atoms with Gasteiger partial charge in [0.2, 0.25) is 100 Å². The number of rotatable bonds is 23. The topological polar surface area (TPSA) is 633 Å². The highest BCUT2D eigenvalue weighted by Gasteiger charge is 2.43. The number of aromatic nitrogens is 4. The molecular formula is C87H123N25O18. The Morgan fingerprint density at radius 3 is 1.76 bits per heavy atom. The van der Waals surface area contributed by atoms with E-state index in [1.165, 1.54) is 59.5 Å². The van der Waals surface area contributed by atoms with Gasteiger partial charge < -0.3 is 126 Å². The van der Waals surface area contributed by atoms with E-state index in [-0.39, 0.29) is 89.8 Å². The first-order chi connectivity index (χ1) is 61.9. The average molecular weight is 1810 g/mol. The van der Waals surface area contributed by atoms with Crippen LogP contribution in [0.2, 0.25) is 0 Å². The average Bonchev–Trinajstić information content (AvgIpc) is 1.67. The molecule has 8 rings (SSSR count). The van der Waals surface area contributed by atoms with Gasteiger partial charge in [0.1, 0.15) is 66.5 Å². The van der Waals surface area contributed by atoms with Crippen molar-refractivity contribution in [2.24, 2.45) is 23.1 Å². The number of unbranched alkanes of at least 4 members (excludes halogenated alkanes) is 1. The Balaban J connectivity index is 1.15. The maximum absolute atomic E-state index is 15.3. The number of hydrogen-bond donors (Lipinski definition) is 20. The van der Waals surface area contributed by atoms with Crippen LogP contribution in [0, 0.1) is 11.3 Å². The van der Waals surface area contributed by atoms with Crippen molar-refractivity contribution in [3.05, 3.63) is 126 Å². The van der Waals surface area contributed by atoms with Gasteiger partial charge in [-0.3, -0.25) is 86.9 Å². The highest BCUT2D eigenvalue weighted by atomic mass is 16.3. The summed E-state index contributed by atoms with van der Waals surface area (Å²) in [6.07, 6.45) is 4.55. The lowest BCUT2D eigenvalue weighted by molar-refractivity contribution is -0.148. The Kier molecular flexibility index (Phi) is 38.2. The van der Waals surface area contributed by atoms with Gasteiger partial charge >= 0.3 is 0 Å². The minimum absolute atomic E-state index is 0.00156. The SMILES string of the molecule is CCCC[C@H]1C(=O)N[C@@H](CCCNC(=N)N)C(=O)N[C@H](C(=O)NCC(N)=O)CC(=O)NCC(=O)N[C@@H](Cc2ccccc2)C(=O)N(C)[C@@H](C)C(=O)N[C@@H](CC(N)=O)C(=O)N2CCC[C@H]2C(=O)N[C@@H](Cc2cnc[nH]2)C(=O)N[C@@H](CC(C)C)C(=O)N(C)CC(=O)N[C@@H](Cc2c[nH]c3ccccc23)C(=O)N[C@@H](CO)CN[C@@H](Cc2c[nH]c3ccccc23)C(=O)N(C)[C@@H](C)C(=O)N1C. The van der Waals surface area contributed by atoms with Crippen LogP contribution in [0.3, 0.4) is 0 Å². The molecule has 3 aromatic heterocycles. The van der Waals surface area contributed by atoms with Crippen molar-refractivity contribution < 1.29 is 86.6 Å². The van der Waals surface area contributed by atoms with E-state index in [4.69, 9.17) is 22.6 Å². The standard InChI is InChI=1S/C87H123N25O18/c1-10-11-28-68-80(124)103-60(27-19-30-93-87(90)91)77(121)104-63(76(120)98-43-71(89)115)38-72(116)97-44-73(117)102-66(33-51-21-13-12-14-22-51)85(129)109(7)49(4)75(119)106-67(37-70(88)114)86(130)112-31-20-29-69(112)81(125)105-62(36-54-41-92-47-99-54)79(123)107-65(32-48(2)3)83(127)108(6)45-74(118)101-61(34-52-39-94-58-25-17-15-23-56(52)58)78(122)100-55(46-113)42-96-64(84(128)110(8)50(5)82(126)111(68)9)35-53-40-95-59-26-18-16-24-57(53)59/h12-18,21-26,39-41,47-50,55,60-69,94-96,113H,10-11,19-20,27-38,42-46H2,1-9H3,(H2,88,114)(H2,89,115)(H,92,99)(H,97,116)(H,98,120)(H,100,122)(H,101,118)(H,102,117)(H,103,124)(H,104,121)(H,105,125)(H,106,119)(H,107,123)(H4,90,91,93)/t49-,50-,55+,60-,61-,62-,63-,64-,65-,66-,67-,68-,69-/m0/s1. The molecule has 3 aromatic carbocycles. The molecule has 6 aromatic rings. The number of imidazole rings is 1. The molecule has 23 N–H and O–H groups in total. The molecule has 0 saturated carbocycles. The number of nitrogens with zero attached hydrogens (tertiary/aromatic N) is 6. The number of H-pyrrole nitrogens is 3. The van der Waals surface area contributed by atoms with Crippen LogP contribution < -0.4 is 81.0 Å². The van der Waals surface area contributed by atoms with Crippen LogP contribution in [0.15, 0.2) is 104 Å². The third-order valence-electron chi connectivity index (χ3n) is 22.9. The molecule has 43 heteroatoms. The summed E-state index contributed by atoms with van der Waals surface area (Å²) in [5.41, 5.74) is 20.2. The number of carbonyl (C=O) groups is 17. The van der Waals surface area contributed by atoms with E-state index in [1.54, 1.807) is 80.8 Å². The van der Waals surface area contributed by atoms with Gasteiger partial charge in [-0.25, -0.2) is 4.98 Å². The third-order valence-corrected chi connectivity index (χ3v) is 22.9. The molecule has 13 atom stereocenters. The van der Waals surface area contributed by atoms with Crippen LogP contribution in [0.25, 0.3) is 21.8 Å². The van der Waals surface area contributed by atoms with Crippen LogP contribution in [0.1, 0.15) is 121 Å². The number of carbonyl (C=O) groups excluding carboxylic acids is 17. The normalized spacial score (nSPS) is 23.8. The number of guanidine groups is 1. The molecule has 2 aliphatic heterocycles. The number of benzene rings is 3. The molecule has 2 fully saturated rings. The first-order valence-electron chi connectivity index (χ1n) is 43.3. The molecule has 43 nitrogen and oxygen atoms in total. The first kappa shape index (κ1) is 102. The molecule has 0 radical (unpaired) electrons. The quantitative estimate of drug-likeness (QED) is 0.0165. The number of likely N-dealkylation sites (N-methyl/N-ethyl adjacent to an activating group) is 4.